The second-order valence-corrected chi connectivity index (χ2v) is 6.96. The maximum Gasteiger partial charge on any atom is 0.0477 e. The lowest BCUT2D eigenvalue weighted by atomic mass is 9.97. The topological polar surface area (TPSA) is 18.5 Å². The molecule has 1 unspecified atom stereocenters. The summed E-state index contributed by atoms with van der Waals surface area (Å²) < 4.78 is 0. The summed E-state index contributed by atoms with van der Waals surface area (Å²) in [4.78, 5) is 5.35. The maximum absolute atomic E-state index is 3.47. The smallest absolute Gasteiger partial charge is 0.0477 e. The third-order valence-electron chi connectivity index (χ3n) is 4.89. The molecule has 23 heavy (non-hydrogen) atoms. The van der Waals surface area contributed by atoms with Gasteiger partial charge in [-0.15, -0.1) is 0 Å². The fourth-order valence-corrected chi connectivity index (χ4v) is 3.75. The van der Waals surface area contributed by atoms with E-state index in [0.717, 1.165) is 19.6 Å². The summed E-state index contributed by atoms with van der Waals surface area (Å²) in [5.41, 5.74) is 4.34. The van der Waals surface area contributed by atoms with Gasteiger partial charge in [-0.1, -0.05) is 37.6 Å². The van der Waals surface area contributed by atoms with Crippen LogP contribution in [0.1, 0.15) is 49.4 Å². The number of nitrogens with one attached hydrogen (secondary N) is 1. The Labute approximate surface area is 143 Å². The van der Waals surface area contributed by atoms with Gasteiger partial charge >= 0.3 is 0 Å². The van der Waals surface area contributed by atoms with Gasteiger partial charge in [0.2, 0.25) is 0 Å². The third-order valence-corrected chi connectivity index (χ3v) is 4.89. The lowest BCUT2D eigenvalue weighted by molar-refractivity contribution is 0.128. The number of nitrogens with zero attached hydrogens (tertiary/aromatic N) is 2. The predicted octanol–water partition coefficient (Wildman–Crippen LogP) is 3.37. The van der Waals surface area contributed by atoms with E-state index in [4.69, 9.17) is 0 Å². The van der Waals surface area contributed by atoms with E-state index < -0.39 is 0 Å². The number of benzene rings is 1. The molecule has 1 aliphatic rings. The molecule has 1 fully saturated rings. The fourth-order valence-electron chi connectivity index (χ4n) is 3.75. The highest BCUT2D eigenvalue weighted by molar-refractivity contribution is 5.33. The molecule has 1 saturated heterocycles. The van der Waals surface area contributed by atoms with Crippen molar-refractivity contribution in [2.75, 3.05) is 45.8 Å². The van der Waals surface area contributed by atoms with E-state index in [9.17, 15) is 0 Å². The van der Waals surface area contributed by atoms with Crippen LogP contribution in [0.25, 0.3) is 0 Å². The highest BCUT2D eigenvalue weighted by Crippen LogP contribution is 2.26. The van der Waals surface area contributed by atoms with Crippen molar-refractivity contribution in [1.29, 1.82) is 0 Å². The van der Waals surface area contributed by atoms with Crippen molar-refractivity contribution in [2.24, 2.45) is 0 Å². The van der Waals surface area contributed by atoms with Crippen LogP contribution in [0, 0.1) is 13.8 Å². The highest BCUT2D eigenvalue weighted by atomic mass is 15.2. The Morgan fingerprint density at radius 1 is 1.09 bits per heavy atom. The van der Waals surface area contributed by atoms with Crippen LogP contribution in [0.4, 0.5) is 0 Å². The molecular formula is C20H35N3. The van der Waals surface area contributed by atoms with Crippen LogP contribution >= 0.6 is 0 Å². The maximum atomic E-state index is 3.47. The third kappa shape index (κ3) is 5.30. The largest absolute Gasteiger partial charge is 0.314 e. The average molecular weight is 318 g/mol. The molecule has 1 atom stereocenters. The van der Waals surface area contributed by atoms with Gasteiger partial charge in [-0.25, -0.2) is 0 Å². The number of aryl methyl sites for hydroxylation is 2. The van der Waals surface area contributed by atoms with E-state index in [-0.39, 0.29) is 0 Å². The fraction of sp³-hybridized carbons (Fsp3) is 0.700. The first-order valence-corrected chi connectivity index (χ1v) is 9.40. The average Bonchev–Trinajstić information content (AvgIpc) is 2.54. The molecule has 0 saturated carbocycles. The molecule has 1 aromatic carbocycles. The Morgan fingerprint density at radius 2 is 1.74 bits per heavy atom. The minimum Gasteiger partial charge on any atom is -0.314 e. The summed E-state index contributed by atoms with van der Waals surface area (Å²) in [6.07, 6.45) is 2.45. The van der Waals surface area contributed by atoms with E-state index in [2.05, 4.69) is 61.0 Å². The molecule has 1 aliphatic heterocycles. The molecule has 2 rings (SSSR count). The van der Waals surface area contributed by atoms with Crippen molar-refractivity contribution in [3.8, 4) is 0 Å². The van der Waals surface area contributed by atoms with Crippen molar-refractivity contribution < 1.29 is 0 Å². The molecule has 0 aromatic heterocycles. The zero-order valence-electron chi connectivity index (χ0n) is 15.6. The number of hydrogen-bond donors (Lipinski definition) is 1. The first kappa shape index (κ1) is 18.4. The molecule has 0 bridgehead atoms. The summed E-state index contributed by atoms with van der Waals surface area (Å²) in [5.74, 6) is 0. The highest BCUT2D eigenvalue weighted by Gasteiger charge is 2.24. The zero-order valence-corrected chi connectivity index (χ0v) is 15.6. The van der Waals surface area contributed by atoms with Crippen LogP contribution in [0.3, 0.4) is 0 Å². The van der Waals surface area contributed by atoms with Crippen LogP contribution in [-0.2, 0) is 0 Å². The van der Waals surface area contributed by atoms with Crippen molar-refractivity contribution in [3.63, 3.8) is 0 Å². The monoisotopic (exact) mass is 317 g/mol. The first-order chi connectivity index (χ1) is 11.2. The van der Waals surface area contributed by atoms with Crippen LogP contribution in [0.5, 0.6) is 0 Å². The van der Waals surface area contributed by atoms with Crippen molar-refractivity contribution in [3.05, 3.63) is 34.9 Å². The van der Waals surface area contributed by atoms with Gasteiger partial charge in [0.15, 0.2) is 0 Å². The molecule has 3 nitrogen and oxygen atoms in total. The number of hydrogen-bond acceptors (Lipinski definition) is 3. The molecule has 1 N–H and O–H groups in total. The Balaban J connectivity index is 2.24. The zero-order chi connectivity index (χ0) is 16.7. The van der Waals surface area contributed by atoms with Gasteiger partial charge in [-0.05, 0) is 50.9 Å². The molecule has 3 heteroatoms. The van der Waals surface area contributed by atoms with Gasteiger partial charge in [0, 0.05) is 38.8 Å². The quantitative estimate of drug-likeness (QED) is 0.793. The van der Waals surface area contributed by atoms with Gasteiger partial charge in [-0.3, -0.25) is 9.80 Å². The minimum absolute atomic E-state index is 0.522. The molecule has 0 radical (unpaired) electrons. The van der Waals surface area contributed by atoms with Gasteiger partial charge < -0.3 is 5.32 Å². The van der Waals surface area contributed by atoms with E-state index in [1.165, 1.54) is 55.7 Å². The molecule has 0 amide bonds. The summed E-state index contributed by atoms with van der Waals surface area (Å²) >= 11 is 0. The van der Waals surface area contributed by atoms with Gasteiger partial charge in [-0.2, -0.15) is 0 Å². The van der Waals surface area contributed by atoms with Crippen LogP contribution in [-0.4, -0.2) is 55.6 Å². The molecule has 1 heterocycles. The normalized spacial score (nSPS) is 17.6. The second kappa shape index (κ2) is 9.41. The van der Waals surface area contributed by atoms with Crippen molar-refractivity contribution in [2.45, 2.75) is 46.6 Å². The first-order valence-electron chi connectivity index (χ1n) is 9.40. The SMILES string of the molecule is CCCN(CCC)C(CN1CCNCC1)c1ccc(C)cc1C. The van der Waals surface area contributed by atoms with Crippen LogP contribution in [0.2, 0.25) is 0 Å². The van der Waals surface area contributed by atoms with Gasteiger partial charge in [0.25, 0.3) is 0 Å². The van der Waals surface area contributed by atoms with Gasteiger partial charge in [0.1, 0.15) is 0 Å². The van der Waals surface area contributed by atoms with Crippen LogP contribution < -0.4 is 5.32 Å². The van der Waals surface area contributed by atoms with E-state index >= 15 is 0 Å². The summed E-state index contributed by atoms with van der Waals surface area (Å²) in [7, 11) is 0. The minimum atomic E-state index is 0.522. The van der Waals surface area contributed by atoms with Gasteiger partial charge in [0.05, 0.1) is 0 Å². The molecule has 130 valence electrons. The Bertz CT molecular complexity index is 460. The molecule has 1 aromatic rings. The van der Waals surface area contributed by atoms with Crippen molar-refractivity contribution >= 4 is 0 Å². The van der Waals surface area contributed by atoms with Crippen molar-refractivity contribution in [1.82, 2.24) is 15.1 Å². The predicted molar refractivity (Wildman–Crippen MR) is 100 cm³/mol. The van der Waals surface area contributed by atoms with E-state index in [0.29, 0.717) is 6.04 Å². The molecular weight excluding hydrogens is 282 g/mol. The van der Waals surface area contributed by atoms with E-state index in [1.54, 1.807) is 0 Å². The molecule has 0 aliphatic carbocycles. The lowest BCUT2D eigenvalue weighted by Crippen LogP contribution is -2.47. The Kier molecular flexibility index (Phi) is 7.54. The molecule has 0 spiro atoms. The Morgan fingerprint density at radius 3 is 2.30 bits per heavy atom. The number of rotatable bonds is 8. The summed E-state index contributed by atoms with van der Waals surface area (Å²) in [5, 5.41) is 3.47. The summed E-state index contributed by atoms with van der Waals surface area (Å²) in [6.45, 7) is 17.2. The Hall–Kier alpha value is -0.900. The second-order valence-electron chi connectivity index (χ2n) is 6.96. The lowest BCUT2D eigenvalue weighted by Gasteiger charge is -2.38. The van der Waals surface area contributed by atoms with Crippen LogP contribution in [0.15, 0.2) is 18.2 Å². The van der Waals surface area contributed by atoms with E-state index in [1.807, 2.05) is 0 Å². The summed E-state index contributed by atoms with van der Waals surface area (Å²) in [6, 6.07) is 7.52. The standard InChI is InChI=1S/C20H35N3/c1-5-11-23(12-6-2)20(16-22-13-9-21-10-14-22)19-8-7-17(3)15-18(19)4/h7-8,15,20-21H,5-6,9-14,16H2,1-4H3. The number of piperazine rings is 1.